The van der Waals surface area contributed by atoms with Crippen LogP contribution in [-0.4, -0.2) is 53.7 Å². The summed E-state index contributed by atoms with van der Waals surface area (Å²) >= 11 is 5.96. The first kappa shape index (κ1) is 24.2. The van der Waals surface area contributed by atoms with Crippen LogP contribution in [0.5, 0.6) is 0 Å². The second kappa shape index (κ2) is 11.5. The average Bonchev–Trinajstić information content (AvgIpc) is 3.27. The number of benzene rings is 2. The van der Waals surface area contributed by atoms with Crippen molar-refractivity contribution in [2.45, 2.75) is 12.8 Å². The molecule has 4 rings (SSSR count). The maximum absolute atomic E-state index is 13.0. The third kappa shape index (κ3) is 6.32. The number of anilines is 1. The van der Waals surface area contributed by atoms with Crippen LogP contribution in [0.2, 0.25) is 5.02 Å². The van der Waals surface area contributed by atoms with Crippen molar-refractivity contribution < 1.29 is 8.91 Å². The van der Waals surface area contributed by atoms with Gasteiger partial charge in [0.2, 0.25) is 11.7 Å². The minimum atomic E-state index is -0.297. The van der Waals surface area contributed by atoms with E-state index in [1.807, 2.05) is 24.3 Å². The van der Waals surface area contributed by atoms with Gasteiger partial charge in [0.05, 0.1) is 0 Å². The highest BCUT2D eigenvalue weighted by molar-refractivity contribution is 14.0. The van der Waals surface area contributed by atoms with E-state index in [-0.39, 0.29) is 29.8 Å². The van der Waals surface area contributed by atoms with Crippen molar-refractivity contribution in [1.29, 1.82) is 0 Å². The van der Waals surface area contributed by atoms with Crippen LogP contribution in [0.15, 0.2) is 58.0 Å². The summed E-state index contributed by atoms with van der Waals surface area (Å²) in [5, 5.41) is 4.69. The van der Waals surface area contributed by atoms with Gasteiger partial charge in [-0.3, -0.25) is 4.99 Å². The van der Waals surface area contributed by atoms with E-state index in [4.69, 9.17) is 21.9 Å². The first-order valence-electron chi connectivity index (χ1n) is 10.2. The lowest BCUT2D eigenvalue weighted by Gasteiger charge is -2.36. The molecule has 3 aromatic rings. The normalized spacial score (nSPS) is 14.4. The standard InChI is InChI=1S/C22H24ClFN6O.HI/c23-17-5-9-19(10-6-17)29-12-14-30(15-13-29)22(25)26-11-1-2-20-27-21(28-31-20)16-3-7-18(24)8-4-16;/h3-10H,1-2,11-15H2,(H2,25,26);1H. The van der Waals surface area contributed by atoms with Crippen molar-refractivity contribution in [2.75, 3.05) is 37.6 Å². The van der Waals surface area contributed by atoms with E-state index in [0.717, 1.165) is 43.2 Å². The SMILES string of the molecule is I.NC(=NCCCc1nc(-c2ccc(F)cc2)no1)N1CCN(c2ccc(Cl)cc2)CC1. The molecular formula is C22H25ClFIN6O. The van der Waals surface area contributed by atoms with Crippen molar-refractivity contribution in [2.24, 2.45) is 10.7 Å². The van der Waals surface area contributed by atoms with Gasteiger partial charge in [0.1, 0.15) is 5.82 Å². The molecular weight excluding hydrogens is 546 g/mol. The molecule has 0 bridgehead atoms. The fourth-order valence-corrected chi connectivity index (χ4v) is 3.57. The number of guanidine groups is 1. The fourth-order valence-electron chi connectivity index (χ4n) is 3.44. The number of nitrogens with two attached hydrogens (primary N) is 1. The largest absolute Gasteiger partial charge is 0.370 e. The summed E-state index contributed by atoms with van der Waals surface area (Å²) in [5.74, 6) is 1.25. The first-order valence-corrected chi connectivity index (χ1v) is 10.6. The van der Waals surface area contributed by atoms with Gasteiger partial charge in [0.15, 0.2) is 5.96 Å². The maximum atomic E-state index is 13.0. The molecule has 2 N–H and O–H groups in total. The van der Waals surface area contributed by atoms with Gasteiger partial charge in [-0.15, -0.1) is 24.0 Å². The Morgan fingerprint density at radius 3 is 2.44 bits per heavy atom. The van der Waals surface area contributed by atoms with E-state index >= 15 is 0 Å². The van der Waals surface area contributed by atoms with Gasteiger partial charge in [-0.1, -0.05) is 16.8 Å². The van der Waals surface area contributed by atoms with Crippen LogP contribution >= 0.6 is 35.6 Å². The lowest BCUT2D eigenvalue weighted by molar-refractivity contribution is 0.374. The Morgan fingerprint density at radius 1 is 1.06 bits per heavy atom. The quantitative estimate of drug-likeness (QED) is 0.207. The Labute approximate surface area is 208 Å². The maximum Gasteiger partial charge on any atom is 0.227 e. The molecule has 0 amide bonds. The van der Waals surface area contributed by atoms with Crippen LogP contribution in [0.4, 0.5) is 10.1 Å². The van der Waals surface area contributed by atoms with Gasteiger partial charge in [-0.05, 0) is 55.0 Å². The summed E-state index contributed by atoms with van der Waals surface area (Å²) in [4.78, 5) is 13.3. The van der Waals surface area contributed by atoms with Crippen molar-refractivity contribution in [1.82, 2.24) is 15.0 Å². The third-order valence-electron chi connectivity index (χ3n) is 5.19. The molecule has 0 atom stereocenters. The molecule has 2 aromatic carbocycles. The van der Waals surface area contributed by atoms with Gasteiger partial charge in [-0.2, -0.15) is 4.98 Å². The predicted octanol–water partition coefficient (Wildman–Crippen LogP) is 4.22. The molecule has 7 nitrogen and oxygen atoms in total. The summed E-state index contributed by atoms with van der Waals surface area (Å²) < 4.78 is 18.3. The number of rotatable bonds is 6. The van der Waals surface area contributed by atoms with Crippen LogP contribution in [0, 0.1) is 5.82 Å². The lowest BCUT2D eigenvalue weighted by Crippen LogP contribution is -2.51. The van der Waals surface area contributed by atoms with E-state index < -0.39 is 0 Å². The molecule has 1 aliphatic heterocycles. The van der Waals surface area contributed by atoms with E-state index in [2.05, 4.69) is 24.9 Å². The van der Waals surface area contributed by atoms with Crippen LogP contribution < -0.4 is 10.6 Å². The third-order valence-corrected chi connectivity index (χ3v) is 5.44. The van der Waals surface area contributed by atoms with Gasteiger partial charge in [0, 0.05) is 55.4 Å². The predicted molar refractivity (Wildman–Crippen MR) is 135 cm³/mol. The number of aliphatic imine (C=N–C) groups is 1. The smallest absolute Gasteiger partial charge is 0.227 e. The Balaban J connectivity index is 0.00000289. The number of hydrogen-bond donors (Lipinski definition) is 1. The molecule has 1 aromatic heterocycles. The van der Waals surface area contributed by atoms with E-state index in [1.165, 1.54) is 17.8 Å². The fraction of sp³-hybridized carbons (Fsp3) is 0.318. The summed E-state index contributed by atoms with van der Waals surface area (Å²) in [6.07, 6.45) is 1.35. The highest BCUT2D eigenvalue weighted by Crippen LogP contribution is 2.19. The zero-order chi connectivity index (χ0) is 21.6. The van der Waals surface area contributed by atoms with Crippen LogP contribution in [-0.2, 0) is 6.42 Å². The molecule has 1 saturated heterocycles. The van der Waals surface area contributed by atoms with E-state index in [9.17, 15) is 4.39 Å². The van der Waals surface area contributed by atoms with Gasteiger partial charge in [-0.25, -0.2) is 4.39 Å². The minimum absolute atomic E-state index is 0. The molecule has 170 valence electrons. The second-order valence-corrected chi connectivity index (χ2v) is 7.75. The number of piperazine rings is 1. The van der Waals surface area contributed by atoms with Gasteiger partial charge in [0.25, 0.3) is 0 Å². The Bertz CT molecular complexity index is 1020. The van der Waals surface area contributed by atoms with Crippen molar-refractivity contribution >= 4 is 47.2 Å². The summed E-state index contributed by atoms with van der Waals surface area (Å²) in [5.41, 5.74) is 8.07. The highest BCUT2D eigenvalue weighted by Gasteiger charge is 2.18. The number of aryl methyl sites for hydroxylation is 1. The van der Waals surface area contributed by atoms with Gasteiger partial charge < -0.3 is 20.1 Å². The van der Waals surface area contributed by atoms with E-state index in [0.29, 0.717) is 30.6 Å². The topological polar surface area (TPSA) is 83.8 Å². The molecule has 10 heteroatoms. The minimum Gasteiger partial charge on any atom is -0.370 e. The molecule has 1 aliphatic rings. The van der Waals surface area contributed by atoms with E-state index in [1.54, 1.807) is 12.1 Å². The van der Waals surface area contributed by atoms with Crippen molar-refractivity contribution in [3.8, 4) is 11.4 Å². The number of hydrogen-bond acceptors (Lipinski definition) is 5. The molecule has 2 heterocycles. The molecule has 0 saturated carbocycles. The second-order valence-electron chi connectivity index (χ2n) is 7.31. The van der Waals surface area contributed by atoms with Crippen LogP contribution in [0.1, 0.15) is 12.3 Å². The van der Waals surface area contributed by atoms with Crippen molar-refractivity contribution in [3.05, 3.63) is 65.3 Å². The number of nitrogens with zero attached hydrogens (tertiary/aromatic N) is 5. The monoisotopic (exact) mass is 570 g/mol. The Hall–Kier alpha value is -2.40. The van der Waals surface area contributed by atoms with Crippen molar-refractivity contribution in [3.63, 3.8) is 0 Å². The van der Waals surface area contributed by atoms with Gasteiger partial charge >= 0.3 is 0 Å². The number of aromatic nitrogens is 2. The highest BCUT2D eigenvalue weighted by atomic mass is 127. The average molecular weight is 571 g/mol. The zero-order valence-electron chi connectivity index (χ0n) is 17.5. The lowest BCUT2D eigenvalue weighted by atomic mass is 10.2. The molecule has 0 unspecified atom stereocenters. The van der Waals surface area contributed by atoms with Crippen LogP contribution in [0.25, 0.3) is 11.4 Å². The number of halogens is 3. The van der Waals surface area contributed by atoms with Crippen LogP contribution in [0.3, 0.4) is 0 Å². The zero-order valence-corrected chi connectivity index (χ0v) is 20.5. The summed E-state index contributed by atoms with van der Waals surface area (Å²) in [7, 11) is 0. The molecule has 0 aliphatic carbocycles. The Morgan fingerprint density at radius 2 is 1.75 bits per heavy atom. The molecule has 0 spiro atoms. The summed E-state index contributed by atoms with van der Waals surface area (Å²) in [6.45, 7) is 3.99. The Kier molecular flexibility index (Phi) is 8.68. The first-order chi connectivity index (χ1) is 15.1. The molecule has 32 heavy (non-hydrogen) atoms. The molecule has 1 fully saturated rings. The molecule has 0 radical (unpaired) electrons. The summed E-state index contributed by atoms with van der Waals surface area (Å²) in [6, 6.07) is 13.9.